The molecule has 1 saturated carbocycles. The molecule has 2 nitrogen and oxygen atoms in total. The molecule has 1 spiro atoms. The molecule has 2 atom stereocenters. The number of hydrogen-bond donors (Lipinski definition) is 0. The van der Waals surface area contributed by atoms with Gasteiger partial charge in [-0.25, -0.2) is 0 Å². The number of rotatable bonds is 4. The van der Waals surface area contributed by atoms with Crippen molar-refractivity contribution in [3.05, 3.63) is 0 Å². The minimum Gasteiger partial charge on any atom is -0.372 e. The van der Waals surface area contributed by atoms with E-state index in [1.165, 1.54) is 38.5 Å². The predicted molar refractivity (Wildman–Crippen MR) is 64.4 cm³/mol. The highest BCUT2D eigenvalue weighted by molar-refractivity contribution is 5.80. The maximum atomic E-state index is 11.6. The monoisotopic (exact) mass is 224 g/mol. The molecular formula is C14H24O2. The molecule has 0 bridgehead atoms. The molecule has 1 aliphatic carbocycles. The zero-order valence-electron chi connectivity index (χ0n) is 10.6. The highest BCUT2D eigenvalue weighted by Crippen LogP contribution is 2.44. The number of carbonyl (C=O) groups excluding carboxylic acids is 1. The molecule has 0 amide bonds. The van der Waals surface area contributed by atoms with E-state index in [1.807, 2.05) is 6.92 Å². The zero-order valence-corrected chi connectivity index (χ0v) is 10.6. The fourth-order valence-corrected chi connectivity index (χ4v) is 3.32. The van der Waals surface area contributed by atoms with Gasteiger partial charge in [-0.2, -0.15) is 0 Å². The summed E-state index contributed by atoms with van der Waals surface area (Å²) in [6.45, 7) is 4.00. The first-order chi connectivity index (χ1) is 7.65. The SMILES string of the molecule is CCC(=O)C(C)CC1CCC2(CCCC2)O1. The van der Waals surface area contributed by atoms with E-state index in [-0.39, 0.29) is 11.5 Å². The summed E-state index contributed by atoms with van der Waals surface area (Å²) in [7, 11) is 0. The fraction of sp³-hybridized carbons (Fsp3) is 0.929. The fourth-order valence-electron chi connectivity index (χ4n) is 3.32. The van der Waals surface area contributed by atoms with Crippen molar-refractivity contribution in [2.24, 2.45) is 5.92 Å². The van der Waals surface area contributed by atoms with Crippen molar-refractivity contribution in [3.8, 4) is 0 Å². The number of Topliss-reactive ketones (excluding diaryl/α,β-unsaturated/α-hetero) is 1. The summed E-state index contributed by atoms with van der Waals surface area (Å²) in [5.74, 6) is 0.572. The average molecular weight is 224 g/mol. The molecule has 1 saturated heterocycles. The first-order valence-electron chi connectivity index (χ1n) is 6.86. The van der Waals surface area contributed by atoms with Crippen molar-refractivity contribution in [1.29, 1.82) is 0 Å². The number of carbonyl (C=O) groups is 1. The van der Waals surface area contributed by atoms with Gasteiger partial charge in [0.05, 0.1) is 11.7 Å². The number of ether oxygens (including phenoxy) is 1. The number of ketones is 1. The molecule has 92 valence electrons. The van der Waals surface area contributed by atoms with Crippen molar-refractivity contribution in [3.63, 3.8) is 0 Å². The molecule has 0 radical (unpaired) electrons. The van der Waals surface area contributed by atoms with Crippen LogP contribution >= 0.6 is 0 Å². The summed E-state index contributed by atoms with van der Waals surface area (Å²) in [4.78, 5) is 11.6. The summed E-state index contributed by atoms with van der Waals surface area (Å²) in [5, 5.41) is 0. The highest BCUT2D eigenvalue weighted by atomic mass is 16.5. The molecule has 2 fully saturated rings. The third-order valence-electron chi connectivity index (χ3n) is 4.37. The Morgan fingerprint density at radius 3 is 2.69 bits per heavy atom. The Morgan fingerprint density at radius 2 is 2.06 bits per heavy atom. The molecule has 2 aliphatic rings. The van der Waals surface area contributed by atoms with E-state index in [0.29, 0.717) is 18.3 Å². The van der Waals surface area contributed by atoms with E-state index in [1.54, 1.807) is 0 Å². The van der Waals surface area contributed by atoms with Crippen molar-refractivity contribution >= 4 is 5.78 Å². The standard InChI is InChI=1S/C14H24O2/c1-3-13(15)11(2)10-12-6-9-14(16-12)7-4-5-8-14/h11-12H,3-10H2,1-2H3. The average Bonchev–Trinajstić information content (AvgIpc) is 2.89. The topological polar surface area (TPSA) is 26.3 Å². The van der Waals surface area contributed by atoms with Crippen LogP contribution in [-0.4, -0.2) is 17.5 Å². The zero-order chi connectivity index (χ0) is 11.6. The first kappa shape index (κ1) is 12.1. The molecule has 1 heterocycles. The van der Waals surface area contributed by atoms with Crippen LogP contribution in [0.1, 0.15) is 65.2 Å². The lowest BCUT2D eigenvalue weighted by atomic mass is 9.94. The quantitative estimate of drug-likeness (QED) is 0.730. The Kier molecular flexibility index (Phi) is 3.68. The molecule has 0 aromatic carbocycles. The maximum absolute atomic E-state index is 11.6. The van der Waals surface area contributed by atoms with Gasteiger partial charge in [-0.15, -0.1) is 0 Å². The van der Waals surface area contributed by atoms with Crippen molar-refractivity contribution in [2.45, 2.75) is 76.9 Å². The van der Waals surface area contributed by atoms with Gasteiger partial charge in [-0.05, 0) is 32.1 Å². The van der Waals surface area contributed by atoms with Gasteiger partial charge in [0.15, 0.2) is 0 Å². The van der Waals surface area contributed by atoms with Crippen LogP contribution in [0.2, 0.25) is 0 Å². The van der Waals surface area contributed by atoms with E-state index in [2.05, 4.69) is 6.92 Å². The molecule has 0 aromatic heterocycles. The molecule has 0 N–H and O–H groups in total. The Labute approximate surface area is 98.7 Å². The second kappa shape index (κ2) is 4.87. The lowest BCUT2D eigenvalue weighted by molar-refractivity contribution is -0.124. The van der Waals surface area contributed by atoms with Crippen LogP contribution in [0.3, 0.4) is 0 Å². The molecule has 1 aliphatic heterocycles. The molecule has 2 rings (SSSR count). The Hall–Kier alpha value is -0.370. The van der Waals surface area contributed by atoms with Crippen LogP contribution in [0.25, 0.3) is 0 Å². The lowest BCUT2D eigenvalue weighted by Gasteiger charge is -2.24. The Morgan fingerprint density at radius 1 is 1.38 bits per heavy atom. The van der Waals surface area contributed by atoms with Crippen LogP contribution in [0, 0.1) is 5.92 Å². The van der Waals surface area contributed by atoms with Gasteiger partial charge in [0, 0.05) is 12.3 Å². The maximum Gasteiger partial charge on any atom is 0.135 e. The summed E-state index contributed by atoms with van der Waals surface area (Å²) in [5.41, 5.74) is 0.222. The van der Waals surface area contributed by atoms with Crippen LogP contribution < -0.4 is 0 Å². The highest BCUT2D eigenvalue weighted by Gasteiger charge is 2.42. The van der Waals surface area contributed by atoms with Gasteiger partial charge in [-0.3, -0.25) is 4.79 Å². The van der Waals surface area contributed by atoms with E-state index in [0.717, 1.165) is 6.42 Å². The molecule has 0 aromatic rings. The van der Waals surface area contributed by atoms with Gasteiger partial charge in [0.2, 0.25) is 0 Å². The normalized spacial score (nSPS) is 29.8. The van der Waals surface area contributed by atoms with E-state index < -0.39 is 0 Å². The smallest absolute Gasteiger partial charge is 0.135 e. The Bertz CT molecular complexity index is 253. The van der Waals surface area contributed by atoms with Gasteiger partial charge >= 0.3 is 0 Å². The second-order valence-electron chi connectivity index (χ2n) is 5.63. The summed E-state index contributed by atoms with van der Waals surface area (Å²) >= 11 is 0. The van der Waals surface area contributed by atoms with Gasteiger partial charge in [0.1, 0.15) is 5.78 Å². The third-order valence-corrected chi connectivity index (χ3v) is 4.37. The largest absolute Gasteiger partial charge is 0.372 e. The molecule has 2 heteroatoms. The lowest BCUT2D eigenvalue weighted by Crippen LogP contribution is -2.26. The van der Waals surface area contributed by atoms with Crippen molar-refractivity contribution in [2.75, 3.05) is 0 Å². The van der Waals surface area contributed by atoms with Gasteiger partial charge in [0.25, 0.3) is 0 Å². The van der Waals surface area contributed by atoms with Crippen molar-refractivity contribution < 1.29 is 9.53 Å². The van der Waals surface area contributed by atoms with Crippen LogP contribution in [-0.2, 0) is 9.53 Å². The summed E-state index contributed by atoms with van der Waals surface area (Å²) in [6, 6.07) is 0. The second-order valence-corrected chi connectivity index (χ2v) is 5.63. The van der Waals surface area contributed by atoms with Gasteiger partial charge in [-0.1, -0.05) is 26.7 Å². The minimum atomic E-state index is 0.187. The molecular weight excluding hydrogens is 200 g/mol. The first-order valence-corrected chi connectivity index (χ1v) is 6.86. The molecule has 2 unspecified atom stereocenters. The number of hydrogen-bond acceptors (Lipinski definition) is 2. The van der Waals surface area contributed by atoms with Crippen LogP contribution in [0.5, 0.6) is 0 Å². The van der Waals surface area contributed by atoms with Crippen LogP contribution in [0.4, 0.5) is 0 Å². The summed E-state index contributed by atoms with van der Waals surface area (Å²) in [6.07, 6.45) is 9.51. The van der Waals surface area contributed by atoms with E-state index in [9.17, 15) is 4.79 Å². The summed E-state index contributed by atoms with van der Waals surface area (Å²) < 4.78 is 6.22. The van der Waals surface area contributed by atoms with E-state index >= 15 is 0 Å². The van der Waals surface area contributed by atoms with Crippen LogP contribution in [0.15, 0.2) is 0 Å². The Balaban J connectivity index is 1.82. The van der Waals surface area contributed by atoms with E-state index in [4.69, 9.17) is 4.74 Å². The van der Waals surface area contributed by atoms with Gasteiger partial charge < -0.3 is 4.74 Å². The minimum absolute atomic E-state index is 0.187. The third kappa shape index (κ3) is 2.48. The van der Waals surface area contributed by atoms with Crippen molar-refractivity contribution in [1.82, 2.24) is 0 Å². The molecule has 16 heavy (non-hydrogen) atoms. The predicted octanol–water partition coefficient (Wildman–Crippen LogP) is 3.48.